The number of hydrogen-bond donors (Lipinski definition) is 0. The molecule has 0 atom stereocenters. The van der Waals surface area contributed by atoms with Gasteiger partial charge in [0.15, 0.2) is 0 Å². The summed E-state index contributed by atoms with van der Waals surface area (Å²) in [6.45, 7) is 0. The molecule has 0 heteroatoms. The van der Waals surface area contributed by atoms with Crippen LogP contribution >= 0.6 is 0 Å². The molecule has 9 heavy (non-hydrogen) atoms. The van der Waals surface area contributed by atoms with E-state index < -0.39 is 0 Å². The van der Waals surface area contributed by atoms with Gasteiger partial charge in [0.05, 0.1) is 0 Å². The molecule has 0 heterocycles. The molecule has 1 aromatic carbocycles. The largest absolute Gasteiger partial charge is 0.0581 e. The summed E-state index contributed by atoms with van der Waals surface area (Å²) in [6, 6.07) is 6.72. The summed E-state index contributed by atoms with van der Waals surface area (Å²) in [5, 5.41) is 0. The molecule has 4 aliphatic rings. The monoisotopic (exact) mass is 114 g/mol. The van der Waals surface area contributed by atoms with Crippen LogP contribution in [0, 0.1) is 0 Å². The first-order valence-electron chi connectivity index (χ1n) is 3.27. The summed E-state index contributed by atoms with van der Waals surface area (Å²) in [5.41, 5.74) is 5.97. The Morgan fingerprint density at radius 3 is 2.56 bits per heavy atom. The lowest BCUT2D eigenvalue weighted by molar-refractivity contribution is 1.19. The van der Waals surface area contributed by atoms with Crippen molar-refractivity contribution in [3.8, 4) is 0 Å². The smallest absolute Gasteiger partial charge is 0.00192 e. The molecular formula is C9H6. The van der Waals surface area contributed by atoms with Crippen LogP contribution < -0.4 is 0 Å². The van der Waals surface area contributed by atoms with Gasteiger partial charge in [0.2, 0.25) is 0 Å². The number of hydrogen-bond acceptors (Lipinski definition) is 0. The number of allylic oxidation sites excluding steroid dienone is 1. The van der Waals surface area contributed by atoms with E-state index in [0.717, 1.165) is 0 Å². The van der Waals surface area contributed by atoms with E-state index in [1.807, 2.05) is 0 Å². The molecule has 0 aromatic heterocycles. The highest BCUT2D eigenvalue weighted by atomic mass is 14.3. The van der Waals surface area contributed by atoms with Crippen LogP contribution in [0.15, 0.2) is 18.2 Å². The molecule has 0 aliphatic heterocycles. The third-order valence-electron chi connectivity index (χ3n) is 2.19. The fourth-order valence-corrected chi connectivity index (χ4v) is 1.69. The first-order chi connectivity index (χ1) is 4.43. The molecule has 0 amide bonds. The van der Waals surface area contributed by atoms with Crippen molar-refractivity contribution >= 4 is 11.6 Å². The molecule has 0 spiro atoms. The van der Waals surface area contributed by atoms with Crippen LogP contribution in [0.2, 0.25) is 0 Å². The molecule has 0 saturated heterocycles. The Bertz CT molecular complexity index is 319. The zero-order valence-corrected chi connectivity index (χ0v) is 5.02. The minimum atomic E-state index is 1.19. The summed E-state index contributed by atoms with van der Waals surface area (Å²) in [6.07, 6.45) is 3.47. The fraction of sp³-hybridized carbons (Fsp3) is 0.111. The normalized spacial score (nSPS) is 17.1. The Morgan fingerprint density at radius 2 is 2.22 bits per heavy atom. The van der Waals surface area contributed by atoms with Crippen molar-refractivity contribution in [2.75, 3.05) is 0 Å². The summed E-state index contributed by atoms with van der Waals surface area (Å²) < 4.78 is 0. The predicted octanol–water partition coefficient (Wildman–Crippen LogP) is 2.10. The van der Waals surface area contributed by atoms with Crippen LogP contribution in [-0.2, 0) is 6.42 Å². The van der Waals surface area contributed by atoms with Crippen LogP contribution in [0.5, 0.6) is 0 Å². The third-order valence-corrected chi connectivity index (χ3v) is 2.19. The second-order valence-electron chi connectivity index (χ2n) is 2.77. The molecule has 4 bridgehead atoms. The molecule has 0 N–H and O–H groups in total. The predicted molar refractivity (Wildman–Crippen MR) is 38.0 cm³/mol. The maximum Gasteiger partial charge on any atom is -0.00192 e. The maximum atomic E-state index is 2.28. The molecule has 0 nitrogen and oxygen atoms in total. The van der Waals surface area contributed by atoms with E-state index in [1.165, 1.54) is 23.1 Å². The maximum absolute atomic E-state index is 2.28. The van der Waals surface area contributed by atoms with E-state index in [9.17, 15) is 0 Å². The highest BCUT2D eigenvalue weighted by Gasteiger charge is 2.21. The Kier molecular flexibility index (Phi) is 0.419. The lowest BCUT2D eigenvalue weighted by Gasteiger charge is -2.26. The van der Waals surface area contributed by atoms with Crippen LogP contribution in [-0.4, -0.2) is 0 Å². The van der Waals surface area contributed by atoms with Gasteiger partial charge in [-0.2, -0.15) is 0 Å². The molecule has 0 unspecified atom stereocenters. The van der Waals surface area contributed by atoms with Crippen molar-refractivity contribution in [3.05, 3.63) is 34.9 Å². The molecule has 1 aromatic rings. The number of rotatable bonds is 0. The van der Waals surface area contributed by atoms with Crippen molar-refractivity contribution in [1.82, 2.24) is 0 Å². The van der Waals surface area contributed by atoms with Gasteiger partial charge in [0.1, 0.15) is 0 Å². The molecule has 0 fully saturated rings. The number of fused-ring (bicyclic) bond motifs is 1. The minimum Gasteiger partial charge on any atom is -0.0581 e. The molecule has 4 aliphatic carbocycles. The van der Waals surface area contributed by atoms with Gasteiger partial charge >= 0.3 is 0 Å². The molecule has 42 valence electrons. The van der Waals surface area contributed by atoms with Crippen molar-refractivity contribution in [3.63, 3.8) is 0 Å². The van der Waals surface area contributed by atoms with Gasteiger partial charge in [-0.1, -0.05) is 24.3 Å². The van der Waals surface area contributed by atoms with E-state index >= 15 is 0 Å². The van der Waals surface area contributed by atoms with E-state index in [2.05, 4.69) is 24.3 Å². The van der Waals surface area contributed by atoms with Gasteiger partial charge < -0.3 is 0 Å². The summed E-state index contributed by atoms with van der Waals surface area (Å²) >= 11 is 0. The van der Waals surface area contributed by atoms with Gasteiger partial charge in [-0.15, -0.1) is 0 Å². The summed E-state index contributed by atoms with van der Waals surface area (Å²) in [4.78, 5) is 0. The molecule has 0 saturated carbocycles. The quantitative estimate of drug-likeness (QED) is 0.484. The second-order valence-corrected chi connectivity index (χ2v) is 2.77. The molecule has 0 radical (unpaired) electrons. The lowest BCUT2D eigenvalue weighted by Crippen LogP contribution is -2.08. The zero-order valence-electron chi connectivity index (χ0n) is 5.02. The lowest BCUT2D eigenvalue weighted by atomic mass is 9.78. The van der Waals surface area contributed by atoms with Gasteiger partial charge in [-0.3, -0.25) is 0 Å². The van der Waals surface area contributed by atoms with Crippen LogP contribution in [0.3, 0.4) is 0 Å². The Balaban J connectivity index is 2.56. The van der Waals surface area contributed by atoms with E-state index in [-0.39, 0.29) is 0 Å². The average molecular weight is 114 g/mol. The minimum absolute atomic E-state index is 1.19. The second kappa shape index (κ2) is 0.971. The Hall–Kier alpha value is -1.04. The van der Waals surface area contributed by atoms with E-state index in [0.29, 0.717) is 0 Å². The van der Waals surface area contributed by atoms with Gasteiger partial charge in [-0.25, -0.2) is 0 Å². The van der Waals surface area contributed by atoms with Gasteiger partial charge in [-0.05, 0) is 28.7 Å². The summed E-state index contributed by atoms with van der Waals surface area (Å²) in [7, 11) is 0. The third kappa shape index (κ3) is 0.298. The zero-order chi connectivity index (χ0) is 5.84. The summed E-state index contributed by atoms with van der Waals surface area (Å²) in [5.74, 6) is 0. The van der Waals surface area contributed by atoms with Crippen molar-refractivity contribution in [1.29, 1.82) is 0 Å². The van der Waals surface area contributed by atoms with Crippen LogP contribution in [0.1, 0.15) is 16.7 Å². The van der Waals surface area contributed by atoms with Crippen molar-refractivity contribution < 1.29 is 0 Å². The highest BCUT2D eigenvalue weighted by molar-refractivity contribution is 5.98. The van der Waals surface area contributed by atoms with Crippen molar-refractivity contribution in [2.45, 2.75) is 6.42 Å². The van der Waals surface area contributed by atoms with Gasteiger partial charge in [0.25, 0.3) is 0 Å². The highest BCUT2D eigenvalue weighted by Crippen LogP contribution is 2.40. The first kappa shape index (κ1) is 3.89. The Morgan fingerprint density at radius 1 is 1.22 bits per heavy atom. The van der Waals surface area contributed by atoms with Crippen molar-refractivity contribution in [2.24, 2.45) is 0 Å². The Labute approximate surface area is 53.8 Å². The van der Waals surface area contributed by atoms with Crippen LogP contribution in [0.4, 0.5) is 0 Å². The van der Waals surface area contributed by atoms with Crippen LogP contribution in [0.25, 0.3) is 11.6 Å². The fourth-order valence-electron chi connectivity index (χ4n) is 1.69. The standard InChI is InChI=1S/C9H6/c1-2-9-7-3-6(1)4-8(9)5-7/h1-3,5H,4H2. The van der Waals surface area contributed by atoms with E-state index in [4.69, 9.17) is 0 Å². The SMILES string of the molecule is C1=C2Cc3ccc2c1c3. The molecule has 5 rings (SSSR count). The van der Waals surface area contributed by atoms with Gasteiger partial charge in [0, 0.05) is 0 Å². The first-order valence-corrected chi connectivity index (χ1v) is 3.27. The number of benzene rings is 1. The topological polar surface area (TPSA) is 0 Å². The average Bonchev–Trinajstić information content (AvgIpc) is 1.88. The molecular weight excluding hydrogens is 108 g/mol. The van der Waals surface area contributed by atoms with E-state index in [1.54, 1.807) is 5.57 Å².